The molecule has 2 aromatic heterocycles. The zero-order valence-electron chi connectivity index (χ0n) is 7.61. The first-order chi connectivity index (χ1) is 6.20. The summed E-state index contributed by atoms with van der Waals surface area (Å²) >= 11 is 0. The average molecular weight is 174 g/mol. The summed E-state index contributed by atoms with van der Waals surface area (Å²) in [5.41, 5.74) is 1.50. The molecule has 0 bridgehead atoms. The topological polar surface area (TPSA) is 34.4 Å². The third-order valence-electron chi connectivity index (χ3n) is 2.18. The van der Waals surface area contributed by atoms with Gasteiger partial charge >= 0.3 is 0 Å². The molecule has 0 N–H and O–H groups in total. The highest BCUT2D eigenvalue weighted by Gasteiger charge is 2.02. The van der Waals surface area contributed by atoms with Gasteiger partial charge in [0.1, 0.15) is 5.82 Å². The maximum atomic E-state index is 11.3. The maximum Gasteiger partial charge on any atom is 0.276 e. The summed E-state index contributed by atoms with van der Waals surface area (Å²) in [6.07, 6.45) is 1.91. The molecule has 0 aliphatic carbocycles. The fraction of sp³-hybridized carbons (Fsp3) is 0.200. The molecule has 2 rings (SSSR count). The molecule has 0 aromatic carbocycles. The van der Waals surface area contributed by atoms with Gasteiger partial charge in [-0.1, -0.05) is 6.07 Å². The number of aryl methyl sites for hydroxylation is 2. The molecule has 0 saturated heterocycles. The van der Waals surface area contributed by atoms with Gasteiger partial charge in [0.15, 0.2) is 0 Å². The van der Waals surface area contributed by atoms with Crippen molar-refractivity contribution in [2.24, 2.45) is 0 Å². The van der Waals surface area contributed by atoms with Gasteiger partial charge in [-0.05, 0) is 26.0 Å². The van der Waals surface area contributed by atoms with Crippen LogP contribution in [0.3, 0.4) is 0 Å². The zero-order chi connectivity index (χ0) is 9.42. The van der Waals surface area contributed by atoms with Crippen LogP contribution in [-0.2, 0) is 0 Å². The molecule has 0 atom stereocenters. The summed E-state index contributed by atoms with van der Waals surface area (Å²) in [6, 6.07) is 5.76. The zero-order valence-corrected chi connectivity index (χ0v) is 7.61. The van der Waals surface area contributed by atoms with E-state index in [1.165, 1.54) is 0 Å². The molecule has 0 spiro atoms. The van der Waals surface area contributed by atoms with Gasteiger partial charge in [-0.15, -0.1) is 0 Å². The average Bonchev–Trinajstić information content (AvgIpc) is 2.15. The van der Waals surface area contributed by atoms with E-state index in [-0.39, 0.29) is 5.56 Å². The Labute approximate surface area is 75.7 Å². The molecule has 0 radical (unpaired) electrons. The van der Waals surface area contributed by atoms with Crippen LogP contribution in [0.25, 0.3) is 5.52 Å². The number of rotatable bonds is 0. The van der Waals surface area contributed by atoms with Crippen molar-refractivity contribution in [2.45, 2.75) is 13.8 Å². The lowest BCUT2D eigenvalue weighted by atomic mass is 10.2. The van der Waals surface area contributed by atoms with E-state index in [0.29, 0.717) is 5.56 Å². The molecule has 3 heteroatoms. The monoisotopic (exact) mass is 174 g/mol. The predicted molar refractivity (Wildman–Crippen MR) is 50.9 cm³/mol. The van der Waals surface area contributed by atoms with Crippen LogP contribution >= 0.6 is 0 Å². The van der Waals surface area contributed by atoms with E-state index in [1.807, 2.05) is 35.7 Å². The first kappa shape index (κ1) is 7.98. The van der Waals surface area contributed by atoms with E-state index < -0.39 is 0 Å². The van der Waals surface area contributed by atoms with Crippen molar-refractivity contribution in [1.29, 1.82) is 0 Å². The first-order valence-corrected chi connectivity index (χ1v) is 4.15. The number of nitrogens with zero attached hydrogens (tertiary/aromatic N) is 2. The van der Waals surface area contributed by atoms with Crippen molar-refractivity contribution in [3.8, 4) is 0 Å². The number of aromatic nitrogens is 2. The van der Waals surface area contributed by atoms with E-state index in [4.69, 9.17) is 0 Å². The van der Waals surface area contributed by atoms with E-state index in [0.717, 1.165) is 11.3 Å². The van der Waals surface area contributed by atoms with Crippen molar-refractivity contribution < 1.29 is 0 Å². The standard InChI is InChI=1S/C10H10N2O/c1-7-9-5-3-4-6-12(9)8(2)11-10(7)13/h3-6H,1-2H3. The Morgan fingerprint density at radius 1 is 1.31 bits per heavy atom. The summed E-state index contributed by atoms with van der Waals surface area (Å²) in [5.74, 6) is 0.728. The third-order valence-corrected chi connectivity index (χ3v) is 2.18. The highest BCUT2D eigenvalue weighted by molar-refractivity contribution is 5.52. The van der Waals surface area contributed by atoms with Crippen LogP contribution in [0.1, 0.15) is 11.4 Å². The van der Waals surface area contributed by atoms with Gasteiger partial charge in [0, 0.05) is 11.8 Å². The lowest BCUT2D eigenvalue weighted by Crippen LogP contribution is -2.15. The predicted octanol–water partition coefficient (Wildman–Crippen LogP) is 1.31. The number of pyridine rings is 1. The number of fused-ring (bicyclic) bond motifs is 1. The van der Waals surface area contributed by atoms with Crippen LogP contribution in [0, 0.1) is 13.8 Å². The van der Waals surface area contributed by atoms with E-state index in [1.54, 1.807) is 6.92 Å². The Morgan fingerprint density at radius 2 is 2.08 bits per heavy atom. The van der Waals surface area contributed by atoms with Crippen molar-refractivity contribution in [3.63, 3.8) is 0 Å². The molecule has 0 amide bonds. The van der Waals surface area contributed by atoms with Gasteiger partial charge in [0.05, 0.1) is 5.52 Å². The second kappa shape index (κ2) is 2.69. The van der Waals surface area contributed by atoms with Gasteiger partial charge < -0.3 is 4.40 Å². The van der Waals surface area contributed by atoms with Crippen molar-refractivity contribution in [2.75, 3.05) is 0 Å². The summed E-state index contributed by atoms with van der Waals surface area (Å²) in [5, 5.41) is 0. The minimum absolute atomic E-state index is 0.135. The lowest BCUT2D eigenvalue weighted by molar-refractivity contribution is 0.942. The van der Waals surface area contributed by atoms with E-state index in [2.05, 4.69) is 4.98 Å². The van der Waals surface area contributed by atoms with Gasteiger partial charge in [0.25, 0.3) is 5.56 Å². The highest BCUT2D eigenvalue weighted by atomic mass is 16.1. The fourth-order valence-electron chi connectivity index (χ4n) is 1.43. The molecule has 66 valence electrons. The minimum atomic E-state index is -0.135. The van der Waals surface area contributed by atoms with Crippen LogP contribution < -0.4 is 5.56 Å². The molecule has 0 fully saturated rings. The second-order valence-corrected chi connectivity index (χ2v) is 3.05. The van der Waals surface area contributed by atoms with Crippen molar-refractivity contribution in [1.82, 2.24) is 9.38 Å². The van der Waals surface area contributed by atoms with Crippen molar-refractivity contribution >= 4 is 5.52 Å². The molecule has 0 aliphatic rings. The molecule has 13 heavy (non-hydrogen) atoms. The Morgan fingerprint density at radius 3 is 2.85 bits per heavy atom. The Kier molecular flexibility index (Phi) is 1.65. The Hall–Kier alpha value is -1.64. The minimum Gasteiger partial charge on any atom is -0.305 e. The molecule has 3 nitrogen and oxygen atoms in total. The van der Waals surface area contributed by atoms with Crippen LogP contribution in [-0.4, -0.2) is 9.38 Å². The van der Waals surface area contributed by atoms with Gasteiger partial charge in [-0.2, -0.15) is 4.98 Å². The van der Waals surface area contributed by atoms with E-state index >= 15 is 0 Å². The molecular formula is C10H10N2O. The molecule has 2 aromatic rings. The van der Waals surface area contributed by atoms with Crippen molar-refractivity contribution in [3.05, 3.63) is 46.1 Å². The van der Waals surface area contributed by atoms with Gasteiger partial charge in [0.2, 0.25) is 0 Å². The number of hydrogen-bond donors (Lipinski definition) is 0. The summed E-state index contributed by atoms with van der Waals surface area (Å²) < 4.78 is 1.91. The molecule has 0 unspecified atom stereocenters. The van der Waals surface area contributed by atoms with E-state index in [9.17, 15) is 4.79 Å². The lowest BCUT2D eigenvalue weighted by Gasteiger charge is -2.05. The molecule has 0 saturated carbocycles. The molecule has 0 aliphatic heterocycles. The molecular weight excluding hydrogens is 164 g/mol. The molecule has 2 heterocycles. The van der Waals surface area contributed by atoms with Crippen LogP contribution in [0.5, 0.6) is 0 Å². The Bertz CT molecular complexity index is 514. The quantitative estimate of drug-likeness (QED) is 0.603. The summed E-state index contributed by atoms with van der Waals surface area (Å²) in [7, 11) is 0. The fourth-order valence-corrected chi connectivity index (χ4v) is 1.43. The SMILES string of the molecule is Cc1c(=O)nc(C)n2ccccc12. The Balaban J connectivity index is 3.06. The smallest absolute Gasteiger partial charge is 0.276 e. The summed E-state index contributed by atoms with van der Waals surface area (Å²) in [4.78, 5) is 15.2. The normalized spacial score (nSPS) is 10.6. The van der Waals surface area contributed by atoms with Crippen LogP contribution in [0.15, 0.2) is 29.2 Å². The third kappa shape index (κ3) is 1.13. The van der Waals surface area contributed by atoms with Gasteiger partial charge in [-0.25, -0.2) is 0 Å². The first-order valence-electron chi connectivity index (χ1n) is 4.15. The summed E-state index contributed by atoms with van der Waals surface area (Å²) in [6.45, 7) is 3.62. The van der Waals surface area contributed by atoms with Crippen LogP contribution in [0.4, 0.5) is 0 Å². The second-order valence-electron chi connectivity index (χ2n) is 3.05. The number of hydrogen-bond acceptors (Lipinski definition) is 2. The van der Waals surface area contributed by atoms with Gasteiger partial charge in [-0.3, -0.25) is 4.79 Å². The highest BCUT2D eigenvalue weighted by Crippen LogP contribution is 2.05. The maximum absolute atomic E-state index is 11.3. The van der Waals surface area contributed by atoms with Crippen LogP contribution in [0.2, 0.25) is 0 Å². The largest absolute Gasteiger partial charge is 0.305 e.